The molecule has 37 heavy (non-hydrogen) atoms. The molecule has 202 valence electrons. The molecule has 6 nitrogen and oxygen atoms in total. The fourth-order valence-electron chi connectivity index (χ4n) is 4.52. The van der Waals surface area contributed by atoms with Gasteiger partial charge in [-0.3, -0.25) is 9.59 Å². The van der Waals surface area contributed by atoms with E-state index in [0.717, 1.165) is 37.5 Å². The molecular formula is C26H29ClF4N2O4. The molecule has 3 N–H and O–H groups in total. The number of hydrogen-bond donors (Lipinski definition) is 3. The van der Waals surface area contributed by atoms with E-state index in [2.05, 4.69) is 10.6 Å². The number of aliphatic hydroxyl groups excluding tert-OH is 1. The minimum absolute atomic E-state index is 0.0612. The number of benzene rings is 2. The summed E-state index contributed by atoms with van der Waals surface area (Å²) in [6.45, 7) is -0.470. The maximum Gasteiger partial charge on any atom is 0.416 e. The van der Waals surface area contributed by atoms with E-state index in [0.29, 0.717) is 12.8 Å². The zero-order valence-corrected chi connectivity index (χ0v) is 20.8. The average molecular weight is 545 g/mol. The first-order valence-corrected chi connectivity index (χ1v) is 12.3. The van der Waals surface area contributed by atoms with Crippen LogP contribution in [0.5, 0.6) is 5.75 Å². The number of halogens is 5. The maximum atomic E-state index is 13.6. The Balaban J connectivity index is 1.51. The summed E-state index contributed by atoms with van der Waals surface area (Å²) in [4.78, 5) is 24.9. The summed E-state index contributed by atoms with van der Waals surface area (Å²) in [5, 5.41) is 16.0. The highest BCUT2D eigenvalue weighted by molar-refractivity contribution is 6.30. The summed E-state index contributed by atoms with van der Waals surface area (Å²) in [7, 11) is 0. The van der Waals surface area contributed by atoms with Gasteiger partial charge in [-0.1, -0.05) is 49.1 Å². The molecule has 1 aliphatic rings. The molecule has 1 aliphatic carbocycles. The first-order chi connectivity index (χ1) is 17.5. The standard InChI is InChI=1S/C26H29ClF4N2O4/c27-21-8-7-20(13-22(21)28)37-16-24(36)33-25(9-2-1-3-10-25)14-19(34)15-32-23(35)12-17-5-4-6-18(11-17)26(29,30)31/h4-8,11,13,19,34H,1-3,9-10,12,14-16H2,(H,32,35)(H,33,36). The third-order valence-corrected chi connectivity index (χ3v) is 6.56. The monoisotopic (exact) mass is 544 g/mol. The van der Waals surface area contributed by atoms with Crippen LogP contribution in [0.1, 0.15) is 49.7 Å². The van der Waals surface area contributed by atoms with Crippen molar-refractivity contribution in [2.75, 3.05) is 13.2 Å². The van der Waals surface area contributed by atoms with Gasteiger partial charge >= 0.3 is 6.18 Å². The molecule has 2 amide bonds. The van der Waals surface area contributed by atoms with Crippen LogP contribution in [-0.4, -0.2) is 41.7 Å². The van der Waals surface area contributed by atoms with Crippen molar-refractivity contribution in [3.05, 3.63) is 64.4 Å². The predicted octanol–water partition coefficient (Wildman–Crippen LogP) is 4.81. The molecule has 11 heteroatoms. The van der Waals surface area contributed by atoms with Gasteiger partial charge in [-0.2, -0.15) is 13.2 Å². The summed E-state index contributed by atoms with van der Waals surface area (Å²) < 4.78 is 57.6. The van der Waals surface area contributed by atoms with Gasteiger partial charge in [0.2, 0.25) is 5.91 Å². The van der Waals surface area contributed by atoms with E-state index in [1.54, 1.807) is 0 Å². The lowest BCUT2D eigenvalue weighted by Gasteiger charge is -2.39. The van der Waals surface area contributed by atoms with Crippen LogP contribution in [-0.2, 0) is 22.2 Å². The number of carbonyl (C=O) groups excluding carboxylic acids is 2. The number of alkyl halides is 3. The van der Waals surface area contributed by atoms with Gasteiger partial charge in [0.05, 0.1) is 23.1 Å². The molecule has 1 unspecified atom stereocenters. The number of carbonyl (C=O) groups is 2. The lowest BCUT2D eigenvalue weighted by atomic mass is 9.77. The van der Waals surface area contributed by atoms with Crippen LogP contribution in [0.4, 0.5) is 17.6 Å². The number of nitrogens with one attached hydrogen (secondary N) is 2. The Morgan fingerprint density at radius 2 is 1.81 bits per heavy atom. The molecule has 0 aromatic heterocycles. The lowest BCUT2D eigenvalue weighted by Crippen LogP contribution is -2.54. The molecule has 0 bridgehead atoms. The van der Waals surface area contributed by atoms with Gasteiger partial charge < -0.3 is 20.5 Å². The predicted molar refractivity (Wildman–Crippen MR) is 130 cm³/mol. The molecule has 1 atom stereocenters. The van der Waals surface area contributed by atoms with Gasteiger partial charge in [0.25, 0.3) is 5.91 Å². The van der Waals surface area contributed by atoms with Crippen LogP contribution < -0.4 is 15.4 Å². The molecule has 2 aromatic carbocycles. The van der Waals surface area contributed by atoms with Gasteiger partial charge in [-0.25, -0.2) is 4.39 Å². The number of amides is 2. The fraction of sp³-hybridized carbons (Fsp3) is 0.462. The van der Waals surface area contributed by atoms with E-state index in [-0.39, 0.29) is 42.3 Å². The number of hydrogen-bond acceptors (Lipinski definition) is 4. The zero-order chi connectivity index (χ0) is 27.1. The molecule has 0 radical (unpaired) electrons. The Kier molecular flexibility index (Phi) is 9.78. The van der Waals surface area contributed by atoms with Crippen LogP contribution >= 0.6 is 11.6 Å². The highest BCUT2D eigenvalue weighted by Gasteiger charge is 2.36. The number of aliphatic hydroxyl groups is 1. The molecule has 0 heterocycles. The zero-order valence-electron chi connectivity index (χ0n) is 20.0. The molecule has 1 saturated carbocycles. The van der Waals surface area contributed by atoms with E-state index in [1.807, 2.05) is 0 Å². The van der Waals surface area contributed by atoms with Crippen LogP contribution in [0.2, 0.25) is 5.02 Å². The average Bonchev–Trinajstić information content (AvgIpc) is 2.83. The lowest BCUT2D eigenvalue weighted by molar-refractivity contribution is -0.137. The second-order valence-corrected chi connectivity index (χ2v) is 9.70. The molecule has 0 aliphatic heterocycles. The smallest absolute Gasteiger partial charge is 0.416 e. The van der Waals surface area contributed by atoms with Crippen LogP contribution in [0.15, 0.2) is 42.5 Å². The minimum atomic E-state index is -4.50. The van der Waals surface area contributed by atoms with Crippen molar-refractivity contribution in [3.8, 4) is 5.75 Å². The summed E-state index contributed by atoms with van der Waals surface area (Å²) in [5.41, 5.74) is -1.33. The van der Waals surface area contributed by atoms with Crippen LogP contribution in [0.3, 0.4) is 0 Å². The topological polar surface area (TPSA) is 87.7 Å². The Morgan fingerprint density at radius 1 is 1.08 bits per heavy atom. The normalized spacial score (nSPS) is 16.1. The Morgan fingerprint density at radius 3 is 2.49 bits per heavy atom. The van der Waals surface area contributed by atoms with Gasteiger partial charge in [-0.05, 0) is 43.0 Å². The maximum absolute atomic E-state index is 13.6. The van der Waals surface area contributed by atoms with E-state index in [4.69, 9.17) is 16.3 Å². The molecule has 2 aromatic rings. The molecular weight excluding hydrogens is 516 g/mol. The molecule has 0 saturated heterocycles. The summed E-state index contributed by atoms with van der Waals surface area (Å²) >= 11 is 5.65. The molecule has 3 rings (SSSR count). The van der Waals surface area contributed by atoms with Crippen molar-refractivity contribution in [1.82, 2.24) is 10.6 Å². The van der Waals surface area contributed by atoms with Crippen molar-refractivity contribution >= 4 is 23.4 Å². The fourth-order valence-corrected chi connectivity index (χ4v) is 4.63. The Hall–Kier alpha value is -2.85. The van der Waals surface area contributed by atoms with Gasteiger partial charge in [0.15, 0.2) is 6.61 Å². The van der Waals surface area contributed by atoms with Gasteiger partial charge in [0.1, 0.15) is 11.6 Å². The summed E-state index contributed by atoms with van der Waals surface area (Å²) in [5.74, 6) is -1.47. The number of ether oxygens (including phenoxy) is 1. The molecule has 1 fully saturated rings. The highest BCUT2D eigenvalue weighted by Crippen LogP contribution is 2.32. The van der Waals surface area contributed by atoms with Crippen molar-refractivity contribution in [2.45, 2.75) is 62.8 Å². The minimum Gasteiger partial charge on any atom is -0.484 e. The third kappa shape index (κ3) is 8.89. The first kappa shape index (κ1) is 28.7. The van der Waals surface area contributed by atoms with E-state index in [1.165, 1.54) is 24.3 Å². The summed E-state index contributed by atoms with van der Waals surface area (Å²) in [6, 6.07) is 8.37. The number of rotatable bonds is 10. The third-order valence-electron chi connectivity index (χ3n) is 6.26. The van der Waals surface area contributed by atoms with Crippen LogP contribution in [0, 0.1) is 5.82 Å². The van der Waals surface area contributed by atoms with Crippen molar-refractivity contribution in [2.24, 2.45) is 0 Å². The van der Waals surface area contributed by atoms with Gasteiger partial charge in [-0.15, -0.1) is 0 Å². The van der Waals surface area contributed by atoms with E-state index < -0.39 is 41.0 Å². The van der Waals surface area contributed by atoms with Gasteiger partial charge in [0, 0.05) is 18.2 Å². The van der Waals surface area contributed by atoms with Crippen LogP contribution in [0.25, 0.3) is 0 Å². The van der Waals surface area contributed by atoms with E-state index in [9.17, 15) is 32.3 Å². The molecule has 0 spiro atoms. The van der Waals surface area contributed by atoms with Crippen molar-refractivity contribution in [3.63, 3.8) is 0 Å². The quantitative estimate of drug-likeness (QED) is 0.375. The van der Waals surface area contributed by atoms with Crippen molar-refractivity contribution < 1.29 is 37.0 Å². The van der Waals surface area contributed by atoms with Crippen molar-refractivity contribution in [1.29, 1.82) is 0 Å². The second-order valence-electron chi connectivity index (χ2n) is 9.29. The first-order valence-electron chi connectivity index (χ1n) is 12.0. The Bertz CT molecular complexity index is 1090. The highest BCUT2D eigenvalue weighted by atomic mass is 35.5. The Labute approximate surface area is 217 Å². The second kappa shape index (κ2) is 12.6. The summed E-state index contributed by atoms with van der Waals surface area (Å²) in [6.07, 6.45) is -1.64. The SMILES string of the molecule is O=C(Cc1cccc(C(F)(F)F)c1)NCC(O)CC1(NC(=O)COc2ccc(Cl)c(F)c2)CCCCC1. The van der Waals surface area contributed by atoms with E-state index >= 15 is 0 Å². The largest absolute Gasteiger partial charge is 0.484 e.